The molecule has 0 spiro atoms. The standard InChI is InChI=1S/C11H13N3O5/c1-6(15)7-2-8(12-3-7)11(19)14-4-9(16)13-5-10(17)18/h2-3,12H,4-5H2,1H3,(H,13,16)(H,14,19)(H,17,18). The van der Waals surface area contributed by atoms with E-state index in [9.17, 15) is 19.2 Å². The van der Waals surface area contributed by atoms with Gasteiger partial charge in [0.25, 0.3) is 5.91 Å². The molecule has 0 atom stereocenters. The minimum Gasteiger partial charge on any atom is -0.480 e. The number of ketones is 1. The molecule has 8 nitrogen and oxygen atoms in total. The number of Topliss-reactive ketones (excluding diaryl/α,β-unsaturated/α-hetero) is 1. The van der Waals surface area contributed by atoms with Crippen molar-refractivity contribution in [3.8, 4) is 0 Å². The molecule has 19 heavy (non-hydrogen) atoms. The van der Waals surface area contributed by atoms with E-state index in [0.29, 0.717) is 5.56 Å². The van der Waals surface area contributed by atoms with Crippen molar-refractivity contribution in [1.29, 1.82) is 0 Å². The molecule has 8 heteroatoms. The average Bonchev–Trinajstić information content (AvgIpc) is 2.83. The van der Waals surface area contributed by atoms with Crippen molar-refractivity contribution in [3.05, 3.63) is 23.5 Å². The molecule has 0 unspecified atom stereocenters. The molecule has 1 rings (SSSR count). The van der Waals surface area contributed by atoms with E-state index in [4.69, 9.17) is 5.11 Å². The maximum absolute atomic E-state index is 11.6. The van der Waals surface area contributed by atoms with Crippen LogP contribution >= 0.6 is 0 Å². The Bertz CT molecular complexity index is 520. The summed E-state index contributed by atoms with van der Waals surface area (Å²) < 4.78 is 0. The van der Waals surface area contributed by atoms with Gasteiger partial charge in [-0.05, 0) is 13.0 Å². The van der Waals surface area contributed by atoms with Crippen LogP contribution in [0.2, 0.25) is 0 Å². The predicted molar refractivity (Wildman–Crippen MR) is 63.8 cm³/mol. The number of aliphatic carboxylic acids is 1. The van der Waals surface area contributed by atoms with Gasteiger partial charge < -0.3 is 20.7 Å². The highest BCUT2D eigenvalue weighted by atomic mass is 16.4. The highest BCUT2D eigenvalue weighted by Gasteiger charge is 2.12. The molecule has 0 aliphatic rings. The molecular weight excluding hydrogens is 254 g/mol. The number of carboxylic acids is 1. The van der Waals surface area contributed by atoms with Crippen molar-refractivity contribution >= 4 is 23.6 Å². The Morgan fingerprint density at radius 2 is 1.89 bits per heavy atom. The minimum absolute atomic E-state index is 0.149. The van der Waals surface area contributed by atoms with Crippen LogP contribution < -0.4 is 10.6 Å². The number of carboxylic acid groups (broad SMARTS) is 1. The van der Waals surface area contributed by atoms with E-state index in [1.54, 1.807) is 0 Å². The Balaban J connectivity index is 2.44. The normalized spacial score (nSPS) is 9.74. The lowest BCUT2D eigenvalue weighted by Gasteiger charge is -2.03. The van der Waals surface area contributed by atoms with Gasteiger partial charge in [-0.3, -0.25) is 19.2 Å². The average molecular weight is 267 g/mol. The van der Waals surface area contributed by atoms with E-state index in [2.05, 4.69) is 15.6 Å². The first-order valence-electron chi connectivity index (χ1n) is 5.36. The highest BCUT2D eigenvalue weighted by molar-refractivity contribution is 6.00. The molecule has 0 saturated heterocycles. The SMILES string of the molecule is CC(=O)c1c[nH]c(C(=O)NCC(=O)NCC(=O)O)c1. The fourth-order valence-corrected chi connectivity index (χ4v) is 1.22. The number of H-pyrrole nitrogens is 1. The van der Waals surface area contributed by atoms with Crippen LogP contribution in [0.3, 0.4) is 0 Å². The molecule has 0 fully saturated rings. The highest BCUT2D eigenvalue weighted by Crippen LogP contribution is 2.03. The first-order valence-corrected chi connectivity index (χ1v) is 5.36. The van der Waals surface area contributed by atoms with E-state index < -0.39 is 24.3 Å². The monoisotopic (exact) mass is 267 g/mol. The zero-order valence-electron chi connectivity index (χ0n) is 10.1. The molecule has 4 N–H and O–H groups in total. The van der Waals surface area contributed by atoms with Crippen molar-refractivity contribution in [2.24, 2.45) is 0 Å². The van der Waals surface area contributed by atoms with Crippen LogP contribution in [0.1, 0.15) is 27.8 Å². The van der Waals surface area contributed by atoms with Gasteiger partial charge in [0.15, 0.2) is 5.78 Å². The maximum Gasteiger partial charge on any atom is 0.322 e. The van der Waals surface area contributed by atoms with E-state index in [0.717, 1.165) is 0 Å². The van der Waals surface area contributed by atoms with E-state index in [1.165, 1.54) is 19.2 Å². The maximum atomic E-state index is 11.6. The van der Waals surface area contributed by atoms with Crippen LogP contribution in [0.5, 0.6) is 0 Å². The summed E-state index contributed by atoms with van der Waals surface area (Å²) in [6.07, 6.45) is 1.39. The number of nitrogens with one attached hydrogen (secondary N) is 3. The van der Waals surface area contributed by atoms with Crippen LogP contribution in [0.25, 0.3) is 0 Å². The van der Waals surface area contributed by atoms with Gasteiger partial charge in [0, 0.05) is 11.8 Å². The minimum atomic E-state index is -1.17. The van der Waals surface area contributed by atoms with Gasteiger partial charge in [-0.25, -0.2) is 0 Å². The lowest BCUT2D eigenvalue weighted by molar-refractivity contribution is -0.137. The van der Waals surface area contributed by atoms with Crippen LogP contribution in [0.4, 0.5) is 0 Å². The zero-order valence-corrected chi connectivity index (χ0v) is 10.1. The number of aromatic amines is 1. The first kappa shape index (κ1) is 14.4. The zero-order chi connectivity index (χ0) is 14.4. The Kier molecular flexibility index (Phi) is 4.81. The lowest BCUT2D eigenvalue weighted by atomic mass is 10.2. The first-order chi connectivity index (χ1) is 8.90. The molecular formula is C11H13N3O5. The third kappa shape index (κ3) is 4.62. The molecule has 2 amide bonds. The molecule has 0 radical (unpaired) electrons. The number of hydrogen-bond acceptors (Lipinski definition) is 4. The smallest absolute Gasteiger partial charge is 0.322 e. The molecule has 0 aliphatic carbocycles. The summed E-state index contributed by atoms with van der Waals surface area (Å²) in [5.74, 6) is -2.53. The number of amides is 2. The van der Waals surface area contributed by atoms with Crippen molar-refractivity contribution in [3.63, 3.8) is 0 Å². The van der Waals surface area contributed by atoms with Gasteiger partial charge in [-0.1, -0.05) is 0 Å². The van der Waals surface area contributed by atoms with Crippen molar-refractivity contribution < 1.29 is 24.3 Å². The Morgan fingerprint density at radius 1 is 1.21 bits per heavy atom. The molecule has 102 valence electrons. The topological polar surface area (TPSA) is 128 Å². The van der Waals surface area contributed by atoms with E-state index in [-0.39, 0.29) is 18.0 Å². The third-order valence-corrected chi connectivity index (χ3v) is 2.18. The molecule has 0 aromatic carbocycles. The summed E-state index contributed by atoms with van der Waals surface area (Å²) in [6, 6.07) is 1.37. The summed E-state index contributed by atoms with van der Waals surface area (Å²) >= 11 is 0. The molecule has 0 bridgehead atoms. The van der Waals surface area contributed by atoms with Gasteiger partial charge in [0.1, 0.15) is 12.2 Å². The summed E-state index contributed by atoms with van der Waals surface area (Å²) in [4.78, 5) is 46.5. The van der Waals surface area contributed by atoms with Crippen molar-refractivity contribution in [2.75, 3.05) is 13.1 Å². The molecule has 1 heterocycles. The van der Waals surface area contributed by atoms with Crippen molar-refractivity contribution in [2.45, 2.75) is 6.92 Å². The number of carbonyl (C=O) groups is 4. The van der Waals surface area contributed by atoms with Gasteiger partial charge >= 0.3 is 5.97 Å². The van der Waals surface area contributed by atoms with Gasteiger partial charge in [0.05, 0.1) is 6.54 Å². The van der Waals surface area contributed by atoms with Crippen LogP contribution in [-0.2, 0) is 9.59 Å². The summed E-state index contributed by atoms with van der Waals surface area (Å²) in [5, 5.41) is 12.7. The lowest BCUT2D eigenvalue weighted by Crippen LogP contribution is -2.39. The number of rotatable bonds is 6. The molecule has 1 aromatic heterocycles. The molecule has 0 saturated carbocycles. The van der Waals surface area contributed by atoms with Crippen LogP contribution in [0.15, 0.2) is 12.3 Å². The van der Waals surface area contributed by atoms with Gasteiger partial charge in [-0.15, -0.1) is 0 Å². The van der Waals surface area contributed by atoms with Crippen LogP contribution in [-0.4, -0.2) is 46.7 Å². The summed E-state index contributed by atoms with van der Waals surface area (Å²) in [7, 11) is 0. The Labute approximate surface area is 108 Å². The largest absolute Gasteiger partial charge is 0.480 e. The summed E-state index contributed by atoms with van der Waals surface area (Å²) in [5.41, 5.74) is 0.511. The third-order valence-electron chi connectivity index (χ3n) is 2.18. The van der Waals surface area contributed by atoms with Gasteiger partial charge in [-0.2, -0.15) is 0 Å². The summed E-state index contributed by atoms with van der Waals surface area (Å²) in [6.45, 7) is 0.510. The second-order valence-electron chi connectivity index (χ2n) is 3.71. The predicted octanol–water partition coefficient (Wildman–Crippen LogP) is -0.852. The number of aromatic nitrogens is 1. The quantitative estimate of drug-likeness (QED) is 0.499. The fourth-order valence-electron chi connectivity index (χ4n) is 1.22. The molecule has 0 aliphatic heterocycles. The van der Waals surface area contributed by atoms with Gasteiger partial charge in [0.2, 0.25) is 5.91 Å². The van der Waals surface area contributed by atoms with E-state index in [1.807, 2.05) is 0 Å². The number of carbonyl (C=O) groups excluding carboxylic acids is 3. The van der Waals surface area contributed by atoms with Crippen LogP contribution in [0, 0.1) is 0 Å². The Morgan fingerprint density at radius 3 is 2.42 bits per heavy atom. The fraction of sp³-hybridized carbons (Fsp3) is 0.273. The molecule has 1 aromatic rings. The second-order valence-corrected chi connectivity index (χ2v) is 3.71. The van der Waals surface area contributed by atoms with E-state index >= 15 is 0 Å². The van der Waals surface area contributed by atoms with Crippen molar-refractivity contribution in [1.82, 2.24) is 15.6 Å². The second kappa shape index (κ2) is 6.34. The number of hydrogen-bond donors (Lipinski definition) is 4. The Hall–Kier alpha value is -2.64.